The molecule has 2 aromatic carbocycles. The van der Waals surface area contributed by atoms with E-state index in [9.17, 15) is 0 Å². The molecule has 3 heteroatoms. The third kappa shape index (κ3) is 2.68. The lowest BCUT2D eigenvalue weighted by Crippen LogP contribution is -2.12. The molecule has 0 saturated carbocycles. The molecule has 0 radical (unpaired) electrons. The number of likely N-dealkylation sites (N-methyl/N-ethyl adjacent to an activating group) is 1. The fraction of sp³-hybridized carbons (Fsp3) is 0.294. The van der Waals surface area contributed by atoms with E-state index in [0.29, 0.717) is 0 Å². The van der Waals surface area contributed by atoms with E-state index < -0.39 is 0 Å². The lowest BCUT2D eigenvalue weighted by atomic mass is 10.1. The van der Waals surface area contributed by atoms with Gasteiger partial charge in [-0.05, 0) is 54.3 Å². The first-order valence-corrected chi connectivity index (χ1v) is 7.76. The first-order chi connectivity index (χ1) is 9.63. The molecule has 1 N–H and O–H groups in total. The lowest BCUT2D eigenvalue weighted by molar-refractivity contribution is 0.955. The molecule has 0 amide bonds. The number of rotatable bonds is 3. The van der Waals surface area contributed by atoms with Crippen LogP contribution in [0.15, 0.2) is 40.9 Å². The Labute approximate surface area is 128 Å². The molecule has 0 aliphatic carbocycles. The number of hydrogen-bond donors (Lipinski definition) is 1. The summed E-state index contributed by atoms with van der Waals surface area (Å²) in [6.45, 7) is 4.12. The van der Waals surface area contributed by atoms with Crippen LogP contribution in [0.3, 0.4) is 0 Å². The third-order valence-corrected chi connectivity index (χ3v) is 4.82. The van der Waals surface area contributed by atoms with E-state index in [2.05, 4.69) is 76.5 Å². The van der Waals surface area contributed by atoms with E-state index in [4.69, 9.17) is 0 Å². The number of aryl methyl sites for hydroxylation is 1. The number of hydrogen-bond acceptors (Lipinski definition) is 2. The SMILES string of the molecule is Cc1cc(NCc2ccc3c(c2)CCN3C)ccc1Br. The molecule has 1 aliphatic heterocycles. The third-order valence-electron chi connectivity index (χ3n) is 3.93. The maximum Gasteiger partial charge on any atom is 0.0400 e. The van der Waals surface area contributed by atoms with Gasteiger partial charge in [-0.15, -0.1) is 0 Å². The minimum atomic E-state index is 0.873. The number of nitrogens with zero attached hydrogens (tertiary/aromatic N) is 1. The monoisotopic (exact) mass is 330 g/mol. The highest BCUT2D eigenvalue weighted by atomic mass is 79.9. The Bertz CT molecular complexity index is 637. The van der Waals surface area contributed by atoms with Crippen LogP contribution in [0.25, 0.3) is 0 Å². The van der Waals surface area contributed by atoms with Gasteiger partial charge in [-0.25, -0.2) is 0 Å². The summed E-state index contributed by atoms with van der Waals surface area (Å²) in [6.07, 6.45) is 1.16. The van der Waals surface area contributed by atoms with Gasteiger partial charge in [-0.2, -0.15) is 0 Å². The van der Waals surface area contributed by atoms with Crippen LogP contribution in [0, 0.1) is 6.92 Å². The topological polar surface area (TPSA) is 15.3 Å². The van der Waals surface area contributed by atoms with Crippen molar-refractivity contribution in [3.63, 3.8) is 0 Å². The first-order valence-electron chi connectivity index (χ1n) is 6.96. The summed E-state index contributed by atoms with van der Waals surface area (Å²) in [5.41, 5.74) is 6.63. The van der Waals surface area contributed by atoms with Crippen LogP contribution in [0.5, 0.6) is 0 Å². The van der Waals surface area contributed by atoms with E-state index in [1.54, 1.807) is 0 Å². The maximum absolute atomic E-state index is 3.53. The van der Waals surface area contributed by atoms with Gasteiger partial charge in [0.2, 0.25) is 0 Å². The van der Waals surface area contributed by atoms with E-state index in [-0.39, 0.29) is 0 Å². The normalized spacial score (nSPS) is 13.4. The standard InChI is InChI=1S/C17H19BrN2/c1-12-9-15(4-5-16(12)18)19-11-13-3-6-17-14(10-13)7-8-20(17)2/h3-6,9-10,19H,7-8,11H2,1-2H3. The second-order valence-corrected chi connectivity index (χ2v) is 6.31. The second kappa shape index (κ2) is 5.49. The zero-order valence-electron chi connectivity index (χ0n) is 11.9. The Morgan fingerprint density at radius 3 is 2.85 bits per heavy atom. The van der Waals surface area contributed by atoms with Crippen LogP contribution in [-0.2, 0) is 13.0 Å². The van der Waals surface area contributed by atoms with Crippen LogP contribution in [0.2, 0.25) is 0 Å². The second-order valence-electron chi connectivity index (χ2n) is 5.45. The molecule has 1 aliphatic rings. The molecule has 0 fully saturated rings. The number of fused-ring (bicyclic) bond motifs is 1. The quantitative estimate of drug-likeness (QED) is 0.899. The van der Waals surface area contributed by atoms with Crippen molar-refractivity contribution >= 4 is 27.3 Å². The summed E-state index contributed by atoms with van der Waals surface area (Å²) in [6, 6.07) is 13.2. The molecule has 20 heavy (non-hydrogen) atoms. The number of halogens is 1. The predicted octanol–water partition coefficient (Wildman–Crippen LogP) is 4.36. The van der Waals surface area contributed by atoms with Crippen LogP contribution < -0.4 is 10.2 Å². The molecule has 0 atom stereocenters. The summed E-state index contributed by atoms with van der Waals surface area (Å²) in [4.78, 5) is 2.32. The van der Waals surface area contributed by atoms with Gasteiger partial charge in [0, 0.05) is 36.0 Å². The molecule has 3 rings (SSSR count). The summed E-state index contributed by atoms with van der Waals surface area (Å²) in [5.74, 6) is 0. The molecule has 0 spiro atoms. The van der Waals surface area contributed by atoms with Crippen LogP contribution in [0.4, 0.5) is 11.4 Å². The average Bonchev–Trinajstić information content (AvgIpc) is 2.81. The van der Waals surface area contributed by atoms with Crippen molar-refractivity contribution in [3.8, 4) is 0 Å². The molecule has 0 bridgehead atoms. The molecule has 2 nitrogen and oxygen atoms in total. The Balaban J connectivity index is 1.71. The number of benzene rings is 2. The van der Waals surface area contributed by atoms with Crippen molar-refractivity contribution in [3.05, 3.63) is 57.6 Å². The highest BCUT2D eigenvalue weighted by Crippen LogP contribution is 2.27. The maximum atomic E-state index is 3.53. The molecule has 1 heterocycles. The molecule has 0 saturated heterocycles. The fourth-order valence-corrected chi connectivity index (χ4v) is 2.94. The summed E-state index contributed by atoms with van der Waals surface area (Å²) >= 11 is 3.53. The van der Waals surface area contributed by atoms with E-state index >= 15 is 0 Å². The van der Waals surface area contributed by atoms with E-state index in [1.807, 2.05) is 0 Å². The fourth-order valence-electron chi connectivity index (χ4n) is 2.69. The van der Waals surface area contributed by atoms with Crippen molar-refractivity contribution in [1.82, 2.24) is 0 Å². The van der Waals surface area contributed by atoms with E-state index in [0.717, 1.165) is 24.0 Å². The molecular formula is C17H19BrN2. The summed E-state index contributed by atoms with van der Waals surface area (Å²) < 4.78 is 1.16. The van der Waals surface area contributed by atoms with Crippen molar-refractivity contribution < 1.29 is 0 Å². The van der Waals surface area contributed by atoms with Gasteiger partial charge < -0.3 is 10.2 Å². The Morgan fingerprint density at radius 2 is 2.05 bits per heavy atom. The minimum absolute atomic E-state index is 0.873. The van der Waals surface area contributed by atoms with Crippen LogP contribution in [0.1, 0.15) is 16.7 Å². The zero-order valence-corrected chi connectivity index (χ0v) is 13.5. The molecule has 104 valence electrons. The van der Waals surface area contributed by atoms with Crippen molar-refractivity contribution in [2.45, 2.75) is 19.9 Å². The largest absolute Gasteiger partial charge is 0.381 e. The summed E-state index contributed by atoms with van der Waals surface area (Å²) in [7, 11) is 2.16. The lowest BCUT2D eigenvalue weighted by Gasteiger charge is -2.13. The van der Waals surface area contributed by atoms with Crippen LogP contribution in [-0.4, -0.2) is 13.6 Å². The highest BCUT2D eigenvalue weighted by molar-refractivity contribution is 9.10. The van der Waals surface area contributed by atoms with Crippen molar-refractivity contribution in [2.75, 3.05) is 23.8 Å². The zero-order chi connectivity index (χ0) is 14.1. The Morgan fingerprint density at radius 1 is 1.20 bits per heavy atom. The van der Waals surface area contributed by atoms with Crippen molar-refractivity contribution in [1.29, 1.82) is 0 Å². The Hall–Kier alpha value is -1.48. The van der Waals surface area contributed by atoms with Gasteiger partial charge in [-0.3, -0.25) is 0 Å². The van der Waals surface area contributed by atoms with E-state index in [1.165, 1.54) is 28.1 Å². The van der Waals surface area contributed by atoms with Gasteiger partial charge in [0.1, 0.15) is 0 Å². The van der Waals surface area contributed by atoms with Gasteiger partial charge in [-0.1, -0.05) is 28.1 Å². The van der Waals surface area contributed by atoms with Gasteiger partial charge in [0.15, 0.2) is 0 Å². The highest BCUT2D eigenvalue weighted by Gasteiger charge is 2.15. The Kier molecular flexibility index (Phi) is 3.70. The van der Waals surface area contributed by atoms with Crippen LogP contribution >= 0.6 is 15.9 Å². The first kappa shape index (κ1) is 13.5. The van der Waals surface area contributed by atoms with Gasteiger partial charge >= 0.3 is 0 Å². The predicted molar refractivity (Wildman–Crippen MR) is 89.6 cm³/mol. The number of nitrogens with one attached hydrogen (secondary N) is 1. The molecule has 2 aromatic rings. The molecule has 0 aromatic heterocycles. The molecular weight excluding hydrogens is 312 g/mol. The smallest absolute Gasteiger partial charge is 0.0400 e. The minimum Gasteiger partial charge on any atom is -0.381 e. The summed E-state index contributed by atoms with van der Waals surface area (Å²) in [5, 5.41) is 3.50. The molecule has 0 unspecified atom stereocenters. The van der Waals surface area contributed by atoms with Gasteiger partial charge in [0.05, 0.1) is 0 Å². The van der Waals surface area contributed by atoms with Crippen molar-refractivity contribution in [2.24, 2.45) is 0 Å². The number of anilines is 2. The van der Waals surface area contributed by atoms with Gasteiger partial charge in [0.25, 0.3) is 0 Å². The average molecular weight is 331 g/mol.